The first-order chi connectivity index (χ1) is 8.31. The Labute approximate surface area is 101 Å². The number of benzene rings is 2. The van der Waals surface area contributed by atoms with Crippen LogP contribution in [0, 0.1) is 11.3 Å². The van der Waals surface area contributed by atoms with Crippen LogP contribution in [0.5, 0.6) is 0 Å². The molecule has 0 saturated heterocycles. The van der Waals surface area contributed by atoms with Crippen LogP contribution in [0.15, 0.2) is 42.5 Å². The number of nitriles is 1. The molecule has 1 aliphatic carbocycles. The molecule has 0 N–H and O–H groups in total. The van der Waals surface area contributed by atoms with E-state index in [0.717, 1.165) is 6.42 Å². The molecule has 0 amide bonds. The predicted molar refractivity (Wildman–Crippen MR) is 68.7 cm³/mol. The summed E-state index contributed by atoms with van der Waals surface area (Å²) in [6, 6.07) is 17.1. The van der Waals surface area contributed by atoms with Crippen molar-refractivity contribution in [2.24, 2.45) is 0 Å². The summed E-state index contributed by atoms with van der Waals surface area (Å²) in [5.41, 5.74) is 6.53. The molecular formula is C16H13N. The van der Waals surface area contributed by atoms with Gasteiger partial charge in [-0.25, -0.2) is 0 Å². The van der Waals surface area contributed by atoms with E-state index in [9.17, 15) is 0 Å². The fourth-order valence-electron chi connectivity index (χ4n) is 2.66. The summed E-state index contributed by atoms with van der Waals surface area (Å²) in [4.78, 5) is 0. The van der Waals surface area contributed by atoms with Crippen LogP contribution in [0.2, 0.25) is 0 Å². The van der Waals surface area contributed by atoms with Crippen molar-refractivity contribution < 1.29 is 0 Å². The van der Waals surface area contributed by atoms with Gasteiger partial charge in [0.2, 0.25) is 0 Å². The molecular weight excluding hydrogens is 206 g/mol. The summed E-state index contributed by atoms with van der Waals surface area (Å²) < 4.78 is 0. The molecule has 1 heteroatoms. The molecule has 3 rings (SSSR count). The van der Waals surface area contributed by atoms with Crippen LogP contribution in [0.25, 0.3) is 11.1 Å². The van der Waals surface area contributed by atoms with Gasteiger partial charge in [-0.3, -0.25) is 0 Å². The van der Waals surface area contributed by atoms with Crippen LogP contribution in [0.3, 0.4) is 0 Å². The molecule has 82 valence electrons. The van der Waals surface area contributed by atoms with Gasteiger partial charge in [0.15, 0.2) is 0 Å². The fourth-order valence-corrected chi connectivity index (χ4v) is 2.66. The average Bonchev–Trinajstić information content (AvgIpc) is 2.76. The van der Waals surface area contributed by atoms with Crippen LogP contribution in [0.1, 0.15) is 29.5 Å². The van der Waals surface area contributed by atoms with Gasteiger partial charge in [-0.15, -0.1) is 0 Å². The molecule has 2 aromatic rings. The minimum Gasteiger partial charge on any atom is -0.198 e. The molecule has 17 heavy (non-hydrogen) atoms. The van der Waals surface area contributed by atoms with Gasteiger partial charge in [0.05, 0.1) is 12.0 Å². The topological polar surface area (TPSA) is 23.8 Å². The first-order valence-electron chi connectivity index (χ1n) is 5.91. The van der Waals surface area contributed by atoms with E-state index in [2.05, 4.69) is 48.5 Å². The number of hydrogen-bond acceptors (Lipinski definition) is 1. The fraction of sp³-hybridized carbons (Fsp3) is 0.188. The van der Waals surface area contributed by atoms with E-state index in [-0.39, 0.29) is 5.92 Å². The Hall–Kier alpha value is -2.07. The lowest BCUT2D eigenvalue weighted by Crippen LogP contribution is -1.96. The van der Waals surface area contributed by atoms with Gasteiger partial charge in [-0.05, 0) is 41.2 Å². The van der Waals surface area contributed by atoms with Gasteiger partial charge in [0, 0.05) is 0 Å². The van der Waals surface area contributed by atoms with E-state index >= 15 is 0 Å². The molecule has 1 unspecified atom stereocenters. The van der Waals surface area contributed by atoms with Crippen molar-refractivity contribution in [3.63, 3.8) is 0 Å². The average molecular weight is 219 g/mol. The monoisotopic (exact) mass is 219 g/mol. The molecule has 1 atom stereocenters. The maximum absolute atomic E-state index is 9.09. The number of hydrogen-bond donors (Lipinski definition) is 0. The van der Waals surface area contributed by atoms with Crippen molar-refractivity contribution in [1.82, 2.24) is 0 Å². The summed E-state index contributed by atoms with van der Waals surface area (Å²) in [7, 11) is 0. The molecule has 0 aliphatic heterocycles. The molecule has 2 aromatic carbocycles. The molecule has 0 radical (unpaired) electrons. The number of fused-ring (bicyclic) bond motifs is 3. The van der Waals surface area contributed by atoms with Crippen LogP contribution < -0.4 is 0 Å². The second kappa shape index (κ2) is 3.75. The van der Waals surface area contributed by atoms with Crippen molar-refractivity contribution in [3.05, 3.63) is 59.2 Å². The van der Waals surface area contributed by atoms with Crippen molar-refractivity contribution in [3.8, 4) is 17.2 Å². The summed E-state index contributed by atoms with van der Waals surface area (Å²) in [6.07, 6.45) is 0.966. The van der Waals surface area contributed by atoms with Gasteiger partial charge in [-0.1, -0.05) is 42.5 Å². The van der Waals surface area contributed by atoms with Crippen molar-refractivity contribution in [2.45, 2.75) is 19.3 Å². The summed E-state index contributed by atoms with van der Waals surface area (Å²) in [6.45, 7) is 1.97. The van der Waals surface area contributed by atoms with Crippen LogP contribution >= 0.6 is 0 Å². The van der Waals surface area contributed by atoms with Crippen LogP contribution in [-0.2, 0) is 6.42 Å². The highest BCUT2D eigenvalue weighted by atomic mass is 14.3. The molecule has 0 spiro atoms. The second-order valence-electron chi connectivity index (χ2n) is 4.56. The Balaban J connectivity index is 2.21. The maximum atomic E-state index is 9.09. The Morgan fingerprint density at radius 1 is 1.06 bits per heavy atom. The van der Waals surface area contributed by atoms with Gasteiger partial charge < -0.3 is 0 Å². The standard InChI is InChI=1S/C16H13N/c1-11(10-17)13-7-4-8-15-14-6-3-2-5-12(14)9-16(13)15/h2-8,11H,9H2,1H3. The Morgan fingerprint density at radius 2 is 1.82 bits per heavy atom. The van der Waals surface area contributed by atoms with Crippen molar-refractivity contribution >= 4 is 0 Å². The van der Waals surface area contributed by atoms with Gasteiger partial charge in [-0.2, -0.15) is 5.26 Å². The third-order valence-corrected chi connectivity index (χ3v) is 3.55. The normalized spacial score (nSPS) is 13.6. The first-order valence-corrected chi connectivity index (χ1v) is 5.91. The zero-order valence-corrected chi connectivity index (χ0v) is 9.77. The van der Waals surface area contributed by atoms with Crippen molar-refractivity contribution in [1.29, 1.82) is 5.26 Å². The predicted octanol–water partition coefficient (Wildman–Crippen LogP) is 3.88. The molecule has 0 bridgehead atoms. The lowest BCUT2D eigenvalue weighted by molar-refractivity contribution is 0.958. The van der Waals surface area contributed by atoms with E-state index in [1.165, 1.54) is 27.8 Å². The highest BCUT2D eigenvalue weighted by Crippen LogP contribution is 2.39. The molecule has 0 fully saturated rings. The second-order valence-corrected chi connectivity index (χ2v) is 4.56. The van der Waals surface area contributed by atoms with E-state index in [1.54, 1.807) is 0 Å². The highest BCUT2D eigenvalue weighted by Gasteiger charge is 2.22. The molecule has 1 nitrogen and oxygen atoms in total. The SMILES string of the molecule is CC(C#N)c1cccc2c1Cc1ccccc1-2. The first kappa shape index (κ1) is 10.1. The Bertz CT molecular complexity index is 620. The molecule has 0 saturated carbocycles. The van der Waals surface area contributed by atoms with Gasteiger partial charge in [0.1, 0.15) is 0 Å². The van der Waals surface area contributed by atoms with Crippen LogP contribution in [0.4, 0.5) is 0 Å². The van der Waals surface area contributed by atoms with E-state index in [4.69, 9.17) is 5.26 Å². The van der Waals surface area contributed by atoms with E-state index in [0.29, 0.717) is 0 Å². The highest BCUT2D eigenvalue weighted by molar-refractivity contribution is 5.78. The minimum absolute atomic E-state index is 0.0285. The smallest absolute Gasteiger partial charge is 0.0701 e. The summed E-state index contributed by atoms with van der Waals surface area (Å²) >= 11 is 0. The van der Waals surface area contributed by atoms with E-state index < -0.39 is 0 Å². The summed E-state index contributed by atoms with van der Waals surface area (Å²) in [5.74, 6) is -0.0285. The third-order valence-electron chi connectivity index (χ3n) is 3.55. The Kier molecular flexibility index (Phi) is 2.23. The minimum atomic E-state index is -0.0285. The largest absolute Gasteiger partial charge is 0.198 e. The zero-order valence-electron chi connectivity index (χ0n) is 9.77. The number of rotatable bonds is 1. The zero-order chi connectivity index (χ0) is 11.8. The van der Waals surface area contributed by atoms with Crippen molar-refractivity contribution in [2.75, 3.05) is 0 Å². The summed E-state index contributed by atoms with van der Waals surface area (Å²) in [5, 5.41) is 9.09. The molecule has 0 aromatic heterocycles. The lowest BCUT2D eigenvalue weighted by Gasteiger charge is -2.09. The van der Waals surface area contributed by atoms with Gasteiger partial charge >= 0.3 is 0 Å². The number of nitrogens with zero attached hydrogens (tertiary/aromatic N) is 1. The third kappa shape index (κ3) is 1.45. The van der Waals surface area contributed by atoms with E-state index in [1.807, 2.05) is 6.92 Å². The molecule has 0 heterocycles. The lowest BCUT2D eigenvalue weighted by atomic mass is 9.93. The molecule has 1 aliphatic rings. The van der Waals surface area contributed by atoms with Gasteiger partial charge in [0.25, 0.3) is 0 Å². The maximum Gasteiger partial charge on any atom is 0.0701 e. The van der Waals surface area contributed by atoms with Crippen LogP contribution in [-0.4, -0.2) is 0 Å². The quantitative estimate of drug-likeness (QED) is 0.609. The Morgan fingerprint density at radius 3 is 2.65 bits per heavy atom.